The Hall–Kier alpha value is -0.970. The van der Waals surface area contributed by atoms with Crippen LogP contribution in [-0.2, 0) is 4.74 Å². The van der Waals surface area contributed by atoms with Gasteiger partial charge in [-0.1, -0.05) is 26.7 Å². The molecule has 0 atom stereocenters. The number of piperidine rings is 1. The van der Waals surface area contributed by atoms with E-state index in [1.165, 1.54) is 116 Å². The number of rotatable bonds is 9. The zero-order chi connectivity index (χ0) is 24.3. The first-order valence-corrected chi connectivity index (χ1v) is 15.0. The number of anilines is 2. The molecule has 5 rings (SSSR count). The Labute approximate surface area is 227 Å². The van der Waals surface area contributed by atoms with Crippen LogP contribution in [0.1, 0.15) is 89.5 Å². The number of nitrogens with zero attached hydrogens (tertiary/aromatic N) is 3. The van der Waals surface area contributed by atoms with E-state index >= 15 is 0 Å². The van der Waals surface area contributed by atoms with Gasteiger partial charge in [-0.2, -0.15) is 0 Å². The molecule has 4 aliphatic rings. The monoisotopic (exact) mass is 517 g/mol. The van der Waals surface area contributed by atoms with E-state index in [0.717, 1.165) is 24.4 Å². The molecule has 0 N–H and O–H groups in total. The molecule has 2 heterocycles. The molecule has 2 saturated carbocycles. The number of halogens is 1. The van der Waals surface area contributed by atoms with Crippen LogP contribution in [0.3, 0.4) is 0 Å². The molecule has 4 nitrogen and oxygen atoms in total. The first-order chi connectivity index (χ1) is 17.1. The third-order valence-corrected chi connectivity index (χ3v) is 10.3. The van der Waals surface area contributed by atoms with Crippen molar-refractivity contribution in [1.29, 1.82) is 0 Å². The maximum absolute atomic E-state index is 5.44. The SMILES string of the molecule is CCC1(CC)CCC(c2cc(N3CCC(COC)CC3)ccc2N2CCN(CC3CC3)CC2)CC1.Cl. The van der Waals surface area contributed by atoms with Crippen molar-refractivity contribution in [2.45, 2.75) is 84.0 Å². The smallest absolute Gasteiger partial charge is 0.0491 e. The second-order valence-electron chi connectivity index (χ2n) is 12.3. The number of hydrogen-bond acceptors (Lipinski definition) is 4. The first kappa shape index (κ1) is 28.0. The first-order valence-electron chi connectivity index (χ1n) is 15.0. The Balaban J connectivity index is 0.00000304. The Morgan fingerprint density at radius 2 is 1.47 bits per heavy atom. The third kappa shape index (κ3) is 6.53. The zero-order valence-corrected chi connectivity index (χ0v) is 24.2. The maximum Gasteiger partial charge on any atom is 0.0491 e. The normalized spacial score (nSPS) is 24.1. The molecule has 0 spiro atoms. The van der Waals surface area contributed by atoms with Gasteiger partial charge < -0.3 is 14.5 Å². The lowest BCUT2D eigenvalue weighted by Gasteiger charge is -2.42. The Bertz CT molecular complexity index is 798. The molecule has 204 valence electrons. The Morgan fingerprint density at radius 3 is 2.06 bits per heavy atom. The summed E-state index contributed by atoms with van der Waals surface area (Å²) in [6, 6.07) is 7.57. The Kier molecular flexibility index (Phi) is 9.91. The van der Waals surface area contributed by atoms with Gasteiger partial charge in [-0.05, 0) is 98.3 Å². The summed E-state index contributed by atoms with van der Waals surface area (Å²) in [5.41, 5.74) is 5.29. The predicted molar refractivity (Wildman–Crippen MR) is 156 cm³/mol. The van der Waals surface area contributed by atoms with E-state index in [1.54, 1.807) is 11.3 Å². The van der Waals surface area contributed by atoms with Crippen molar-refractivity contribution in [3.63, 3.8) is 0 Å². The summed E-state index contributed by atoms with van der Waals surface area (Å²) in [4.78, 5) is 8.11. The highest BCUT2D eigenvalue weighted by Gasteiger charge is 2.35. The van der Waals surface area contributed by atoms with Crippen LogP contribution in [0.15, 0.2) is 18.2 Å². The van der Waals surface area contributed by atoms with Gasteiger partial charge in [-0.25, -0.2) is 0 Å². The van der Waals surface area contributed by atoms with E-state index in [1.807, 2.05) is 7.11 Å². The molecular formula is C31H52ClN3O. The topological polar surface area (TPSA) is 19.0 Å². The minimum atomic E-state index is 0. The molecule has 2 saturated heterocycles. The molecule has 1 aromatic carbocycles. The molecule has 2 aliphatic heterocycles. The molecule has 1 aromatic rings. The summed E-state index contributed by atoms with van der Waals surface area (Å²) in [7, 11) is 1.85. The van der Waals surface area contributed by atoms with Gasteiger partial charge >= 0.3 is 0 Å². The molecule has 2 aliphatic carbocycles. The van der Waals surface area contributed by atoms with Crippen LogP contribution >= 0.6 is 12.4 Å². The minimum Gasteiger partial charge on any atom is -0.384 e. The largest absolute Gasteiger partial charge is 0.384 e. The molecule has 0 amide bonds. The van der Waals surface area contributed by atoms with Crippen LogP contribution < -0.4 is 9.80 Å². The summed E-state index contributed by atoms with van der Waals surface area (Å²) < 4.78 is 5.44. The van der Waals surface area contributed by atoms with E-state index < -0.39 is 0 Å². The second kappa shape index (κ2) is 12.7. The predicted octanol–water partition coefficient (Wildman–Crippen LogP) is 6.97. The average molecular weight is 518 g/mol. The van der Waals surface area contributed by atoms with Gasteiger partial charge in [0.2, 0.25) is 0 Å². The van der Waals surface area contributed by atoms with E-state index in [-0.39, 0.29) is 12.4 Å². The fourth-order valence-corrected chi connectivity index (χ4v) is 7.28. The van der Waals surface area contributed by atoms with E-state index in [9.17, 15) is 0 Å². The van der Waals surface area contributed by atoms with Gasteiger partial charge in [-0.3, -0.25) is 4.90 Å². The summed E-state index contributed by atoms with van der Waals surface area (Å²) in [5.74, 6) is 2.47. The summed E-state index contributed by atoms with van der Waals surface area (Å²) in [6.45, 7) is 14.3. The molecule has 5 heteroatoms. The summed E-state index contributed by atoms with van der Waals surface area (Å²) >= 11 is 0. The van der Waals surface area contributed by atoms with Gasteiger partial charge in [0, 0.05) is 70.9 Å². The fourth-order valence-electron chi connectivity index (χ4n) is 7.28. The minimum absolute atomic E-state index is 0. The van der Waals surface area contributed by atoms with Crippen molar-refractivity contribution < 1.29 is 4.74 Å². The van der Waals surface area contributed by atoms with Crippen molar-refractivity contribution in [3.8, 4) is 0 Å². The molecule has 4 fully saturated rings. The summed E-state index contributed by atoms with van der Waals surface area (Å²) in [6.07, 6.45) is 13.7. The van der Waals surface area contributed by atoms with E-state index in [4.69, 9.17) is 4.74 Å². The van der Waals surface area contributed by atoms with Crippen molar-refractivity contribution in [2.75, 3.05) is 69.3 Å². The number of benzene rings is 1. The maximum atomic E-state index is 5.44. The van der Waals surface area contributed by atoms with Gasteiger partial charge in [0.25, 0.3) is 0 Å². The number of hydrogen-bond donors (Lipinski definition) is 0. The van der Waals surface area contributed by atoms with Crippen LogP contribution in [0.2, 0.25) is 0 Å². The zero-order valence-electron chi connectivity index (χ0n) is 23.4. The molecule has 0 radical (unpaired) electrons. The number of methoxy groups -OCH3 is 1. The van der Waals surface area contributed by atoms with Crippen LogP contribution in [0, 0.1) is 17.3 Å². The lowest BCUT2D eigenvalue weighted by atomic mass is 9.66. The molecule has 0 aromatic heterocycles. The summed E-state index contributed by atoms with van der Waals surface area (Å²) in [5, 5.41) is 0. The third-order valence-electron chi connectivity index (χ3n) is 10.3. The molecule has 0 unspecified atom stereocenters. The molecular weight excluding hydrogens is 466 g/mol. The van der Waals surface area contributed by atoms with Crippen molar-refractivity contribution in [3.05, 3.63) is 23.8 Å². The van der Waals surface area contributed by atoms with Crippen molar-refractivity contribution >= 4 is 23.8 Å². The van der Waals surface area contributed by atoms with Gasteiger partial charge in [0.15, 0.2) is 0 Å². The number of piperazine rings is 1. The van der Waals surface area contributed by atoms with Gasteiger partial charge in [0.05, 0.1) is 0 Å². The van der Waals surface area contributed by atoms with E-state index in [0.29, 0.717) is 5.41 Å². The quantitative estimate of drug-likeness (QED) is 0.352. The Morgan fingerprint density at radius 1 is 0.806 bits per heavy atom. The van der Waals surface area contributed by atoms with Gasteiger partial charge in [-0.15, -0.1) is 12.4 Å². The highest BCUT2D eigenvalue weighted by molar-refractivity contribution is 5.85. The standard InChI is InChI=1S/C31H51N3O.ClH/c1-4-31(5-2)14-10-27(11-15-31)29-22-28(33-16-12-26(13-17-33)24-35-3)8-9-30(29)34-20-18-32(19-21-34)23-25-6-7-25;/h8-9,22,25-27H,4-7,10-21,23-24H2,1-3H3;1H. The van der Waals surface area contributed by atoms with E-state index in [2.05, 4.69) is 46.7 Å². The van der Waals surface area contributed by atoms with Crippen molar-refractivity contribution in [1.82, 2.24) is 4.90 Å². The lowest BCUT2D eigenvalue weighted by Crippen LogP contribution is -2.47. The lowest BCUT2D eigenvalue weighted by molar-refractivity contribution is 0.139. The van der Waals surface area contributed by atoms with Crippen LogP contribution in [-0.4, -0.2) is 64.4 Å². The van der Waals surface area contributed by atoms with Crippen molar-refractivity contribution in [2.24, 2.45) is 17.3 Å². The highest BCUT2D eigenvalue weighted by Crippen LogP contribution is 2.49. The van der Waals surface area contributed by atoms with Crippen LogP contribution in [0.4, 0.5) is 11.4 Å². The molecule has 36 heavy (non-hydrogen) atoms. The average Bonchev–Trinajstić information content (AvgIpc) is 3.74. The van der Waals surface area contributed by atoms with Crippen LogP contribution in [0.5, 0.6) is 0 Å². The van der Waals surface area contributed by atoms with Gasteiger partial charge in [0.1, 0.15) is 0 Å². The molecule has 0 bridgehead atoms. The second-order valence-corrected chi connectivity index (χ2v) is 12.3. The number of ether oxygens (including phenoxy) is 1. The fraction of sp³-hybridized carbons (Fsp3) is 0.806. The van der Waals surface area contributed by atoms with Crippen LogP contribution in [0.25, 0.3) is 0 Å². The highest BCUT2D eigenvalue weighted by atomic mass is 35.5.